The molecule has 4 nitrogen and oxygen atoms in total. The van der Waals surface area contributed by atoms with E-state index in [4.69, 9.17) is 4.74 Å². The van der Waals surface area contributed by atoms with Gasteiger partial charge >= 0.3 is 0 Å². The fraction of sp³-hybridized carbons (Fsp3) is 0.467. The normalized spacial score (nSPS) is 11.4. The van der Waals surface area contributed by atoms with E-state index in [-0.39, 0.29) is 5.41 Å². The molecule has 0 spiro atoms. The molecule has 1 aromatic heterocycles. The van der Waals surface area contributed by atoms with Crippen LogP contribution in [0.4, 0.5) is 5.13 Å². The Morgan fingerprint density at radius 2 is 2.05 bits per heavy atom. The minimum Gasteiger partial charge on any atom is -0.496 e. The van der Waals surface area contributed by atoms with Gasteiger partial charge in [-0.3, -0.25) is 0 Å². The summed E-state index contributed by atoms with van der Waals surface area (Å²) in [6.45, 7) is 9.08. The predicted molar refractivity (Wildman–Crippen MR) is 83.7 cm³/mol. The van der Waals surface area contributed by atoms with Gasteiger partial charge in [0.15, 0.2) is 0 Å². The Balaban J connectivity index is 2.07. The van der Waals surface area contributed by atoms with Gasteiger partial charge in [-0.1, -0.05) is 32.9 Å². The number of rotatable bonds is 4. The standard InChI is InChI=1S/C15H21N3OS/c1-10-6-7-11(12(8-10)19-5)9-16-14-17-13(18-20-14)15(2,3)4/h6-8H,9H2,1-5H3,(H,16,17,18). The summed E-state index contributed by atoms with van der Waals surface area (Å²) in [4.78, 5) is 4.53. The summed E-state index contributed by atoms with van der Waals surface area (Å²) >= 11 is 1.40. The molecule has 0 aliphatic rings. The quantitative estimate of drug-likeness (QED) is 0.931. The van der Waals surface area contributed by atoms with Crippen LogP contribution in [0.25, 0.3) is 0 Å². The van der Waals surface area contributed by atoms with Crippen molar-refractivity contribution in [1.29, 1.82) is 0 Å². The van der Waals surface area contributed by atoms with Crippen LogP contribution in [0.3, 0.4) is 0 Å². The number of aromatic nitrogens is 2. The van der Waals surface area contributed by atoms with E-state index >= 15 is 0 Å². The van der Waals surface area contributed by atoms with E-state index in [0.717, 1.165) is 22.3 Å². The Bertz CT molecular complexity index is 587. The van der Waals surface area contributed by atoms with Crippen LogP contribution in [0.1, 0.15) is 37.7 Å². The second-order valence-electron chi connectivity index (χ2n) is 5.84. The van der Waals surface area contributed by atoms with Crippen LogP contribution in [0, 0.1) is 6.92 Å². The lowest BCUT2D eigenvalue weighted by Gasteiger charge is -2.12. The summed E-state index contributed by atoms with van der Waals surface area (Å²) in [5.74, 6) is 1.78. The molecular weight excluding hydrogens is 270 g/mol. The van der Waals surface area contributed by atoms with Gasteiger partial charge in [0, 0.05) is 29.1 Å². The third-order valence-corrected chi connectivity index (χ3v) is 3.64. The highest BCUT2D eigenvalue weighted by Gasteiger charge is 2.19. The zero-order valence-electron chi connectivity index (χ0n) is 12.7. The highest BCUT2D eigenvalue weighted by molar-refractivity contribution is 7.09. The fourth-order valence-electron chi connectivity index (χ4n) is 1.77. The summed E-state index contributed by atoms with van der Waals surface area (Å²) in [6, 6.07) is 6.20. The fourth-order valence-corrected chi connectivity index (χ4v) is 2.52. The van der Waals surface area contributed by atoms with Crippen molar-refractivity contribution in [3.8, 4) is 5.75 Å². The van der Waals surface area contributed by atoms with E-state index in [1.165, 1.54) is 17.1 Å². The van der Waals surface area contributed by atoms with Crippen LogP contribution < -0.4 is 10.1 Å². The second-order valence-corrected chi connectivity index (χ2v) is 6.59. The van der Waals surface area contributed by atoms with E-state index in [1.54, 1.807) is 7.11 Å². The Morgan fingerprint density at radius 1 is 1.30 bits per heavy atom. The molecule has 0 bridgehead atoms. The molecule has 0 saturated heterocycles. The molecule has 5 heteroatoms. The SMILES string of the molecule is COc1cc(C)ccc1CNc1nc(C(C)(C)C)ns1. The number of ether oxygens (including phenoxy) is 1. The molecule has 2 aromatic rings. The third-order valence-electron chi connectivity index (χ3n) is 2.97. The van der Waals surface area contributed by atoms with Crippen molar-refractivity contribution in [2.45, 2.75) is 39.7 Å². The number of nitrogens with zero attached hydrogens (tertiary/aromatic N) is 2. The number of hydrogen-bond donors (Lipinski definition) is 1. The van der Waals surface area contributed by atoms with Crippen molar-refractivity contribution < 1.29 is 4.74 Å². The first kappa shape index (κ1) is 14.8. The molecule has 20 heavy (non-hydrogen) atoms. The Hall–Kier alpha value is -1.62. The monoisotopic (exact) mass is 291 g/mol. The van der Waals surface area contributed by atoms with Crippen molar-refractivity contribution in [1.82, 2.24) is 9.36 Å². The van der Waals surface area contributed by atoms with Crippen LogP contribution in [-0.4, -0.2) is 16.5 Å². The van der Waals surface area contributed by atoms with Gasteiger partial charge in [0.1, 0.15) is 11.6 Å². The number of anilines is 1. The van der Waals surface area contributed by atoms with Gasteiger partial charge in [0.2, 0.25) is 5.13 Å². The van der Waals surface area contributed by atoms with Gasteiger partial charge in [0.25, 0.3) is 0 Å². The Morgan fingerprint density at radius 3 is 2.65 bits per heavy atom. The molecule has 0 atom stereocenters. The van der Waals surface area contributed by atoms with Crippen molar-refractivity contribution in [3.05, 3.63) is 35.2 Å². The van der Waals surface area contributed by atoms with Crippen LogP contribution in [-0.2, 0) is 12.0 Å². The first-order valence-corrected chi connectivity index (χ1v) is 7.39. The maximum atomic E-state index is 5.40. The molecule has 0 saturated carbocycles. The third kappa shape index (κ3) is 3.48. The Labute approximate surface area is 124 Å². The Kier molecular flexibility index (Phi) is 4.28. The maximum absolute atomic E-state index is 5.40. The average molecular weight is 291 g/mol. The minimum atomic E-state index is -0.0159. The molecule has 1 aromatic carbocycles. The van der Waals surface area contributed by atoms with Gasteiger partial charge < -0.3 is 10.1 Å². The molecule has 108 valence electrons. The lowest BCUT2D eigenvalue weighted by atomic mass is 9.96. The zero-order valence-corrected chi connectivity index (χ0v) is 13.5. The lowest BCUT2D eigenvalue weighted by molar-refractivity contribution is 0.410. The molecule has 0 unspecified atom stereocenters. The first-order chi connectivity index (χ1) is 9.40. The molecule has 0 fully saturated rings. The van der Waals surface area contributed by atoms with E-state index in [2.05, 4.69) is 54.5 Å². The molecular formula is C15H21N3OS. The zero-order chi connectivity index (χ0) is 14.8. The number of aryl methyl sites for hydroxylation is 1. The first-order valence-electron chi connectivity index (χ1n) is 6.62. The molecule has 0 amide bonds. The highest BCUT2D eigenvalue weighted by Crippen LogP contribution is 2.25. The molecule has 0 aliphatic heterocycles. The largest absolute Gasteiger partial charge is 0.496 e. The van der Waals surface area contributed by atoms with Gasteiger partial charge in [-0.2, -0.15) is 4.37 Å². The summed E-state index contributed by atoms with van der Waals surface area (Å²) in [5, 5.41) is 4.16. The predicted octanol–water partition coefficient (Wildman–Crippen LogP) is 3.76. The lowest BCUT2D eigenvalue weighted by Crippen LogP contribution is -2.13. The van der Waals surface area contributed by atoms with Crippen molar-refractivity contribution in [2.24, 2.45) is 0 Å². The van der Waals surface area contributed by atoms with Crippen molar-refractivity contribution in [2.75, 3.05) is 12.4 Å². The minimum absolute atomic E-state index is 0.0159. The van der Waals surface area contributed by atoms with Gasteiger partial charge in [-0.05, 0) is 18.6 Å². The van der Waals surface area contributed by atoms with Gasteiger partial charge in [0.05, 0.1) is 7.11 Å². The second kappa shape index (κ2) is 5.79. The van der Waals surface area contributed by atoms with Gasteiger partial charge in [-0.15, -0.1) is 0 Å². The van der Waals surface area contributed by atoms with E-state index in [9.17, 15) is 0 Å². The van der Waals surface area contributed by atoms with E-state index < -0.39 is 0 Å². The summed E-state index contributed by atoms with van der Waals surface area (Å²) in [7, 11) is 1.70. The molecule has 2 rings (SSSR count). The summed E-state index contributed by atoms with van der Waals surface area (Å²) in [6.07, 6.45) is 0. The van der Waals surface area contributed by atoms with E-state index in [1.807, 2.05) is 6.07 Å². The highest BCUT2D eigenvalue weighted by atomic mass is 32.1. The molecule has 0 radical (unpaired) electrons. The number of hydrogen-bond acceptors (Lipinski definition) is 5. The maximum Gasteiger partial charge on any atom is 0.202 e. The van der Waals surface area contributed by atoms with Crippen molar-refractivity contribution >= 4 is 16.7 Å². The van der Waals surface area contributed by atoms with Crippen LogP contribution in [0.2, 0.25) is 0 Å². The molecule has 1 heterocycles. The average Bonchev–Trinajstić information content (AvgIpc) is 2.86. The number of nitrogens with one attached hydrogen (secondary N) is 1. The van der Waals surface area contributed by atoms with Gasteiger partial charge in [-0.25, -0.2) is 4.98 Å². The number of methoxy groups -OCH3 is 1. The van der Waals surface area contributed by atoms with Crippen molar-refractivity contribution in [3.63, 3.8) is 0 Å². The topological polar surface area (TPSA) is 47.0 Å². The number of benzene rings is 1. The van der Waals surface area contributed by atoms with Crippen LogP contribution >= 0.6 is 11.5 Å². The summed E-state index contributed by atoms with van der Waals surface area (Å²) < 4.78 is 9.79. The molecule has 1 N–H and O–H groups in total. The smallest absolute Gasteiger partial charge is 0.202 e. The summed E-state index contributed by atoms with van der Waals surface area (Å²) in [5.41, 5.74) is 2.29. The van der Waals surface area contributed by atoms with Crippen LogP contribution in [0.15, 0.2) is 18.2 Å². The van der Waals surface area contributed by atoms with Crippen LogP contribution in [0.5, 0.6) is 5.75 Å². The van der Waals surface area contributed by atoms with E-state index in [0.29, 0.717) is 6.54 Å². The molecule has 0 aliphatic carbocycles.